The summed E-state index contributed by atoms with van der Waals surface area (Å²) in [5, 5.41) is 11.3. The summed E-state index contributed by atoms with van der Waals surface area (Å²) in [5.74, 6) is 4.03. The molecule has 1 heterocycles. The first-order valence-corrected chi connectivity index (χ1v) is 11.0. The van der Waals surface area contributed by atoms with Crippen LogP contribution in [0.4, 0.5) is 5.69 Å². The first kappa shape index (κ1) is 17.3. The molecule has 6 heteroatoms. The zero-order valence-corrected chi connectivity index (χ0v) is 16.5. The Morgan fingerprint density at radius 2 is 1.78 bits per heavy atom. The topological polar surface area (TPSA) is 70.7 Å². The summed E-state index contributed by atoms with van der Waals surface area (Å²) in [5.41, 5.74) is 2.24. The lowest BCUT2D eigenvalue weighted by Gasteiger charge is -2.55. The number of hydrogen-bond acceptors (Lipinski definition) is 4. The molecule has 142 valence electrons. The van der Waals surface area contributed by atoms with Crippen LogP contribution in [-0.2, 0) is 10.2 Å². The molecule has 1 amide bonds. The summed E-state index contributed by atoms with van der Waals surface area (Å²) < 4.78 is 0. The third kappa shape index (κ3) is 3.40. The highest BCUT2D eigenvalue weighted by Gasteiger charge is 2.53. The van der Waals surface area contributed by atoms with Gasteiger partial charge in [-0.25, -0.2) is 4.98 Å². The number of anilines is 1. The normalized spacial score (nSPS) is 31.2. The third-order valence-corrected chi connectivity index (χ3v) is 7.52. The smallest absolute Gasteiger partial charge is 0.234 e. The van der Waals surface area contributed by atoms with E-state index < -0.39 is 0 Å². The molecule has 1 aromatic carbocycles. The number of hydrogen-bond donors (Lipinski definition) is 2. The molecule has 0 aliphatic heterocycles. The number of rotatable bonds is 5. The number of amides is 1. The van der Waals surface area contributed by atoms with Crippen LogP contribution in [0.5, 0.6) is 0 Å². The van der Waals surface area contributed by atoms with Crippen molar-refractivity contribution >= 4 is 23.4 Å². The Morgan fingerprint density at radius 1 is 1.15 bits per heavy atom. The Morgan fingerprint density at radius 3 is 2.41 bits per heavy atom. The summed E-state index contributed by atoms with van der Waals surface area (Å²) in [6.45, 7) is 2.03. The van der Waals surface area contributed by atoms with Gasteiger partial charge >= 0.3 is 0 Å². The van der Waals surface area contributed by atoms with Crippen molar-refractivity contribution in [3.8, 4) is 0 Å². The number of aromatic nitrogens is 3. The van der Waals surface area contributed by atoms with Crippen LogP contribution in [0, 0.1) is 24.7 Å². The molecule has 5 nitrogen and oxygen atoms in total. The monoisotopic (exact) mass is 382 g/mol. The Hall–Kier alpha value is -1.82. The maximum Gasteiger partial charge on any atom is 0.234 e. The van der Waals surface area contributed by atoms with Gasteiger partial charge in [-0.2, -0.15) is 0 Å². The van der Waals surface area contributed by atoms with E-state index in [1.807, 2.05) is 31.2 Å². The van der Waals surface area contributed by atoms with Crippen molar-refractivity contribution in [2.24, 2.45) is 17.8 Å². The number of aryl methyl sites for hydroxylation is 1. The predicted molar refractivity (Wildman–Crippen MR) is 107 cm³/mol. The molecule has 0 spiro atoms. The lowest BCUT2D eigenvalue weighted by atomic mass is 9.49. The molecule has 0 radical (unpaired) electrons. The van der Waals surface area contributed by atoms with E-state index in [4.69, 9.17) is 4.98 Å². The molecule has 2 N–H and O–H groups in total. The SMILES string of the molecule is Cc1ccc(NC(=O)CSc2n[nH]c(C34CC5CC(CC(C5)C3)C4)n2)cc1. The summed E-state index contributed by atoms with van der Waals surface area (Å²) in [6, 6.07) is 7.84. The molecule has 6 rings (SSSR count). The van der Waals surface area contributed by atoms with Crippen LogP contribution in [0.3, 0.4) is 0 Å². The fourth-order valence-corrected chi connectivity index (χ4v) is 6.51. The maximum atomic E-state index is 12.2. The summed E-state index contributed by atoms with van der Waals surface area (Å²) in [6.07, 6.45) is 8.08. The van der Waals surface area contributed by atoms with Gasteiger partial charge in [0.15, 0.2) is 0 Å². The number of aromatic amines is 1. The van der Waals surface area contributed by atoms with Gasteiger partial charge in [0.2, 0.25) is 11.1 Å². The van der Waals surface area contributed by atoms with Gasteiger partial charge in [0.1, 0.15) is 5.82 Å². The molecule has 1 aromatic heterocycles. The molecule has 27 heavy (non-hydrogen) atoms. The van der Waals surface area contributed by atoms with Gasteiger partial charge in [0.05, 0.1) is 5.75 Å². The molecule has 4 saturated carbocycles. The second-order valence-corrected chi connectivity index (χ2v) is 9.81. The fourth-order valence-electron chi connectivity index (χ4n) is 5.91. The van der Waals surface area contributed by atoms with Crippen molar-refractivity contribution < 1.29 is 4.79 Å². The standard InChI is InChI=1S/C21H26N4OS/c1-13-2-4-17(5-3-13)22-18(26)12-27-20-23-19(24-25-20)21-9-14-6-15(10-21)8-16(7-14)11-21/h2-5,14-16H,6-12H2,1H3,(H,22,26)(H,23,24,25). The lowest BCUT2D eigenvalue weighted by Crippen LogP contribution is -2.49. The van der Waals surface area contributed by atoms with Crippen molar-refractivity contribution in [3.05, 3.63) is 35.7 Å². The number of carbonyl (C=O) groups is 1. The van der Waals surface area contributed by atoms with Crippen LogP contribution in [0.2, 0.25) is 0 Å². The van der Waals surface area contributed by atoms with Crippen molar-refractivity contribution in [2.45, 2.75) is 56.0 Å². The predicted octanol–water partition coefficient (Wildman–Crippen LogP) is 4.31. The number of carbonyl (C=O) groups excluding carboxylic acids is 1. The molecule has 4 aliphatic rings. The highest BCUT2D eigenvalue weighted by Crippen LogP contribution is 2.60. The number of nitrogens with one attached hydrogen (secondary N) is 2. The molecule has 0 atom stereocenters. The van der Waals surface area contributed by atoms with Crippen LogP contribution >= 0.6 is 11.8 Å². The largest absolute Gasteiger partial charge is 0.325 e. The quantitative estimate of drug-likeness (QED) is 0.756. The van der Waals surface area contributed by atoms with Crippen LogP contribution in [0.25, 0.3) is 0 Å². The van der Waals surface area contributed by atoms with Crippen molar-refractivity contribution in [3.63, 3.8) is 0 Å². The number of thioether (sulfide) groups is 1. The minimum Gasteiger partial charge on any atom is -0.325 e. The Bertz CT molecular complexity index is 809. The molecule has 0 saturated heterocycles. The molecule has 4 fully saturated rings. The van der Waals surface area contributed by atoms with Crippen LogP contribution in [0.1, 0.15) is 49.9 Å². The lowest BCUT2D eigenvalue weighted by molar-refractivity contribution is -0.113. The maximum absolute atomic E-state index is 12.2. The van der Waals surface area contributed by atoms with Gasteiger partial charge in [0, 0.05) is 11.1 Å². The molecular weight excluding hydrogens is 356 g/mol. The average molecular weight is 383 g/mol. The van der Waals surface area contributed by atoms with E-state index in [1.165, 1.54) is 55.9 Å². The molecule has 2 aromatic rings. The first-order chi connectivity index (χ1) is 13.1. The van der Waals surface area contributed by atoms with Crippen molar-refractivity contribution in [1.29, 1.82) is 0 Å². The summed E-state index contributed by atoms with van der Waals surface area (Å²) >= 11 is 1.41. The zero-order chi connectivity index (χ0) is 18.4. The summed E-state index contributed by atoms with van der Waals surface area (Å²) in [7, 11) is 0. The number of nitrogens with zero attached hydrogens (tertiary/aromatic N) is 2. The average Bonchev–Trinajstić information content (AvgIpc) is 3.11. The Balaban J connectivity index is 1.21. The van der Waals surface area contributed by atoms with Crippen LogP contribution in [-0.4, -0.2) is 26.8 Å². The van der Waals surface area contributed by atoms with Gasteiger partial charge in [-0.3, -0.25) is 9.89 Å². The van der Waals surface area contributed by atoms with Gasteiger partial charge in [-0.1, -0.05) is 29.5 Å². The second-order valence-electron chi connectivity index (χ2n) is 8.87. The van der Waals surface area contributed by atoms with E-state index in [1.54, 1.807) is 0 Å². The first-order valence-electron chi connectivity index (χ1n) is 10.0. The van der Waals surface area contributed by atoms with Crippen molar-refractivity contribution in [1.82, 2.24) is 15.2 Å². The van der Waals surface area contributed by atoms with E-state index in [-0.39, 0.29) is 11.3 Å². The van der Waals surface area contributed by atoms with E-state index in [9.17, 15) is 4.79 Å². The summed E-state index contributed by atoms with van der Waals surface area (Å²) in [4.78, 5) is 17.0. The van der Waals surface area contributed by atoms with E-state index >= 15 is 0 Å². The van der Waals surface area contributed by atoms with Crippen molar-refractivity contribution in [2.75, 3.05) is 11.1 Å². The fraction of sp³-hybridized carbons (Fsp3) is 0.571. The minimum absolute atomic E-state index is 0.0231. The highest BCUT2D eigenvalue weighted by molar-refractivity contribution is 7.99. The molecule has 0 unspecified atom stereocenters. The molecular formula is C21H26N4OS. The van der Waals surface area contributed by atoms with Gasteiger partial charge in [0.25, 0.3) is 0 Å². The van der Waals surface area contributed by atoms with Crippen LogP contribution < -0.4 is 5.32 Å². The highest BCUT2D eigenvalue weighted by atomic mass is 32.2. The third-order valence-electron chi connectivity index (χ3n) is 6.67. The second kappa shape index (κ2) is 6.66. The number of benzene rings is 1. The van der Waals surface area contributed by atoms with E-state index in [0.717, 1.165) is 29.3 Å². The zero-order valence-electron chi connectivity index (χ0n) is 15.7. The minimum atomic E-state index is -0.0231. The Kier molecular flexibility index (Phi) is 4.26. The van der Waals surface area contributed by atoms with E-state index in [2.05, 4.69) is 15.5 Å². The Labute approximate surface area is 164 Å². The molecule has 4 aliphatic carbocycles. The van der Waals surface area contributed by atoms with Gasteiger partial charge in [-0.05, 0) is 75.3 Å². The van der Waals surface area contributed by atoms with Crippen LogP contribution in [0.15, 0.2) is 29.4 Å². The number of H-pyrrole nitrogens is 1. The van der Waals surface area contributed by atoms with Gasteiger partial charge < -0.3 is 5.32 Å². The molecule has 4 bridgehead atoms. The van der Waals surface area contributed by atoms with E-state index in [0.29, 0.717) is 10.9 Å². The van der Waals surface area contributed by atoms with Gasteiger partial charge in [-0.15, -0.1) is 5.10 Å².